The quantitative estimate of drug-likeness (QED) is 0.566. The molecule has 2 nitrogen and oxygen atoms in total. The smallest absolute Gasteiger partial charge is 0.0858 e. The second-order valence-corrected chi connectivity index (χ2v) is 2.26. The molecule has 1 fully saturated rings. The molecule has 0 aromatic carbocycles. The molecule has 0 spiro atoms. The Bertz CT molecular complexity index is 75.0. The summed E-state index contributed by atoms with van der Waals surface area (Å²) in [4.78, 5) is 0. The zero-order chi connectivity index (χ0) is 6.69. The van der Waals surface area contributed by atoms with Gasteiger partial charge in [-0.3, -0.25) is 0 Å². The van der Waals surface area contributed by atoms with Crippen LogP contribution < -0.4 is 0 Å². The molecule has 53 valence electrons. The first-order chi connectivity index (χ1) is 4.38. The maximum absolute atomic E-state index is 5.21. The Morgan fingerprint density at radius 3 is 2.67 bits per heavy atom. The highest BCUT2D eigenvalue weighted by Gasteiger charge is 2.26. The van der Waals surface area contributed by atoms with E-state index in [1.807, 2.05) is 0 Å². The van der Waals surface area contributed by atoms with Crippen LogP contribution in [-0.2, 0) is 9.47 Å². The number of hydrogen-bond donors (Lipinski definition) is 0. The Morgan fingerprint density at radius 2 is 2.56 bits per heavy atom. The molecular formula is C7H13O2. The largest absolute Gasteiger partial charge is 0.379 e. The average Bonchev–Trinajstić information content (AvgIpc) is 1.78. The summed E-state index contributed by atoms with van der Waals surface area (Å²) in [6.45, 7) is 4.65. The molecule has 1 heterocycles. The van der Waals surface area contributed by atoms with Crippen LogP contribution in [0.4, 0.5) is 0 Å². The van der Waals surface area contributed by atoms with Crippen molar-refractivity contribution in [1.29, 1.82) is 0 Å². The molecule has 1 rings (SSSR count). The third-order valence-electron chi connectivity index (χ3n) is 1.74. The normalized spacial score (nSPS) is 29.3. The molecule has 0 aromatic rings. The van der Waals surface area contributed by atoms with Crippen molar-refractivity contribution in [2.75, 3.05) is 13.7 Å². The summed E-state index contributed by atoms with van der Waals surface area (Å²) < 4.78 is 10.3. The van der Waals surface area contributed by atoms with Crippen LogP contribution in [0.5, 0.6) is 0 Å². The van der Waals surface area contributed by atoms with E-state index in [0.717, 1.165) is 19.4 Å². The summed E-state index contributed by atoms with van der Waals surface area (Å²) >= 11 is 0. The van der Waals surface area contributed by atoms with E-state index in [1.165, 1.54) is 0 Å². The highest BCUT2D eigenvalue weighted by Crippen LogP contribution is 2.18. The van der Waals surface area contributed by atoms with Crippen LogP contribution in [0, 0.1) is 6.92 Å². The van der Waals surface area contributed by atoms with Crippen LogP contribution in [-0.4, -0.2) is 25.9 Å². The first-order valence-corrected chi connectivity index (χ1v) is 3.32. The summed E-state index contributed by atoms with van der Waals surface area (Å²) in [7, 11) is 1.71. The monoisotopic (exact) mass is 129 g/mol. The Balaban J connectivity index is 2.19. The Morgan fingerprint density at radius 1 is 1.89 bits per heavy atom. The SMILES string of the molecule is [CH2]CC(OC)C1CCO1. The average molecular weight is 129 g/mol. The minimum atomic E-state index is 0.221. The van der Waals surface area contributed by atoms with E-state index in [0.29, 0.717) is 6.10 Å². The van der Waals surface area contributed by atoms with Crippen molar-refractivity contribution in [2.45, 2.75) is 25.0 Å². The summed E-state index contributed by atoms with van der Waals surface area (Å²) in [6, 6.07) is 0. The minimum Gasteiger partial charge on any atom is -0.379 e. The number of rotatable bonds is 3. The van der Waals surface area contributed by atoms with E-state index in [4.69, 9.17) is 9.47 Å². The van der Waals surface area contributed by atoms with Crippen molar-refractivity contribution < 1.29 is 9.47 Å². The predicted octanol–water partition coefficient (Wildman–Crippen LogP) is 1.01. The topological polar surface area (TPSA) is 18.5 Å². The first kappa shape index (κ1) is 7.03. The molecule has 0 saturated carbocycles. The fraction of sp³-hybridized carbons (Fsp3) is 0.857. The van der Waals surface area contributed by atoms with Crippen LogP contribution in [0.2, 0.25) is 0 Å². The van der Waals surface area contributed by atoms with Crippen molar-refractivity contribution in [3.8, 4) is 0 Å². The van der Waals surface area contributed by atoms with Gasteiger partial charge in [0.05, 0.1) is 12.2 Å². The number of ether oxygens (including phenoxy) is 2. The van der Waals surface area contributed by atoms with Gasteiger partial charge in [-0.1, -0.05) is 6.92 Å². The number of hydrogen-bond acceptors (Lipinski definition) is 2. The highest BCUT2D eigenvalue weighted by atomic mass is 16.5. The van der Waals surface area contributed by atoms with Gasteiger partial charge in [-0.25, -0.2) is 0 Å². The Labute approximate surface area is 56.2 Å². The molecule has 1 radical (unpaired) electrons. The maximum atomic E-state index is 5.21. The van der Waals surface area contributed by atoms with Crippen molar-refractivity contribution in [3.63, 3.8) is 0 Å². The van der Waals surface area contributed by atoms with E-state index < -0.39 is 0 Å². The van der Waals surface area contributed by atoms with Gasteiger partial charge in [0.2, 0.25) is 0 Å². The minimum absolute atomic E-state index is 0.221. The van der Waals surface area contributed by atoms with E-state index in [1.54, 1.807) is 7.11 Å². The molecule has 1 saturated heterocycles. The predicted molar refractivity (Wildman–Crippen MR) is 35.1 cm³/mol. The fourth-order valence-electron chi connectivity index (χ4n) is 1.00. The molecule has 0 bridgehead atoms. The lowest BCUT2D eigenvalue weighted by Crippen LogP contribution is -2.39. The summed E-state index contributed by atoms with van der Waals surface area (Å²) in [5, 5.41) is 0. The molecule has 1 aliphatic rings. The molecule has 2 atom stereocenters. The van der Waals surface area contributed by atoms with Crippen LogP contribution in [0.3, 0.4) is 0 Å². The molecule has 0 aliphatic carbocycles. The standard InChI is InChI=1S/C7H13O2/c1-3-6(8-2)7-4-5-9-7/h6-7H,1,3-5H2,2H3. The van der Waals surface area contributed by atoms with Crippen molar-refractivity contribution in [3.05, 3.63) is 6.92 Å². The molecule has 0 amide bonds. The van der Waals surface area contributed by atoms with Crippen LogP contribution in [0.1, 0.15) is 12.8 Å². The third-order valence-corrected chi connectivity index (χ3v) is 1.74. The zero-order valence-electron chi connectivity index (χ0n) is 5.80. The van der Waals surface area contributed by atoms with Gasteiger partial charge in [-0.15, -0.1) is 0 Å². The van der Waals surface area contributed by atoms with Crippen LogP contribution >= 0.6 is 0 Å². The van der Waals surface area contributed by atoms with Gasteiger partial charge in [-0.2, -0.15) is 0 Å². The van der Waals surface area contributed by atoms with E-state index in [-0.39, 0.29) is 6.10 Å². The van der Waals surface area contributed by atoms with Crippen molar-refractivity contribution in [2.24, 2.45) is 0 Å². The molecule has 0 aromatic heterocycles. The maximum Gasteiger partial charge on any atom is 0.0858 e. The lowest BCUT2D eigenvalue weighted by atomic mass is 10.1. The summed E-state index contributed by atoms with van der Waals surface area (Å²) in [5.41, 5.74) is 0. The second kappa shape index (κ2) is 3.18. The van der Waals surface area contributed by atoms with Gasteiger partial charge in [0.1, 0.15) is 0 Å². The highest BCUT2D eigenvalue weighted by molar-refractivity contribution is 4.76. The molecule has 1 aliphatic heterocycles. The van der Waals surface area contributed by atoms with Gasteiger partial charge < -0.3 is 9.47 Å². The zero-order valence-corrected chi connectivity index (χ0v) is 5.80. The summed E-state index contributed by atoms with van der Waals surface area (Å²) in [6.07, 6.45) is 2.49. The molecule has 2 unspecified atom stereocenters. The summed E-state index contributed by atoms with van der Waals surface area (Å²) in [5.74, 6) is 0. The van der Waals surface area contributed by atoms with Crippen molar-refractivity contribution >= 4 is 0 Å². The first-order valence-electron chi connectivity index (χ1n) is 3.32. The molecule has 0 N–H and O–H groups in total. The van der Waals surface area contributed by atoms with Gasteiger partial charge in [0.25, 0.3) is 0 Å². The van der Waals surface area contributed by atoms with Crippen LogP contribution in [0.25, 0.3) is 0 Å². The Kier molecular flexibility index (Phi) is 2.49. The van der Waals surface area contributed by atoms with Crippen molar-refractivity contribution in [1.82, 2.24) is 0 Å². The second-order valence-electron chi connectivity index (χ2n) is 2.26. The van der Waals surface area contributed by atoms with E-state index in [9.17, 15) is 0 Å². The third kappa shape index (κ3) is 1.43. The lowest BCUT2D eigenvalue weighted by Gasteiger charge is -2.32. The van der Waals surface area contributed by atoms with E-state index >= 15 is 0 Å². The van der Waals surface area contributed by atoms with Crippen LogP contribution in [0.15, 0.2) is 0 Å². The fourth-order valence-corrected chi connectivity index (χ4v) is 1.00. The lowest BCUT2D eigenvalue weighted by molar-refractivity contribution is -0.126. The van der Waals surface area contributed by atoms with Gasteiger partial charge >= 0.3 is 0 Å². The van der Waals surface area contributed by atoms with E-state index in [2.05, 4.69) is 6.92 Å². The van der Waals surface area contributed by atoms with Gasteiger partial charge in [-0.05, 0) is 12.8 Å². The molecule has 9 heavy (non-hydrogen) atoms. The van der Waals surface area contributed by atoms with Gasteiger partial charge in [0, 0.05) is 13.7 Å². The Hall–Kier alpha value is -0.0800. The number of methoxy groups -OCH3 is 1. The van der Waals surface area contributed by atoms with Gasteiger partial charge in [0.15, 0.2) is 0 Å². The molecular weight excluding hydrogens is 116 g/mol. The molecule has 2 heteroatoms.